The number of rotatable bonds is 6. The summed E-state index contributed by atoms with van der Waals surface area (Å²) in [5.74, 6) is 0. The maximum Gasteiger partial charge on any atom is 0.407 e. The molecule has 3 N–H and O–H groups in total. The molecule has 1 aromatic carbocycles. The normalized spacial score (nSPS) is 14.3. The minimum Gasteiger partial charge on any atom is -0.444 e. The number of aliphatic hydroxyl groups excluding tert-OH is 2. The summed E-state index contributed by atoms with van der Waals surface area (Å²) in [5, 5.41) is 22.7. The quantitative estimate of drug-likeness (QED) is 0.754. The van der Waals surface area contributed by atoms with Gasteiger partial charge in [0.2, 0.25) is 0 Å². The first kappa shape index (κ1) is 18.5. The van der Waals surface area contributed by atoms with Gasteiger partial charge in [0.15, 0.2) is 0 Å². The fourth-order valence-electron chi connectivity index (χ4n) is 1.97. The first-order valence-electron chi connectivity index (χ1n) is 7.64. The molecule has 2 atom stereocenters. The van der Waals surface area contributed by atoms with Crippen LogP contribution in [0.3, 0.4) is 0 Å². The number of hydrogen-bond acceptors (Lipinski definition) is 4. The lowest BCUT2D eigenvalue weighted by Crippen LogP contribution is -2.34. The third kappa shape index (κ3) is 6.45. The maximum atomic E-state index is 11.5. The molecular formula is C17H27NO4. The van der Waals surface area contributed by atoms with Gasteiger partial charge in [-0.1, -0.05) is 31.2 Å². The van der Waals surface area contributed by atoms with Crippen molar-refractivity contribution in [3.8, 4) is 0 Å². The Hall–Kier alpha value is -1.59. The molecule has 22 heavy (non-hydrogen) atoms. The summed E-state index contributed by atoms with van der Waals surface area (Å²) in [6.07, 6.45) is -1.26. The van der Waals surface area contributed by atoms with E-state index in [1.165, 1.54) is 5.56 Å². The summed E-state index contributed by atoms with van der Waals surface area (Å²) >= 11 is 0. The molecule has 0 aromatic heterocycles. The van der Waals surface area contributed by atoms with Crippen molar-refractivity contribution in [3.63, 3.8) is 0 Å². The van der Waals surface area contributed by atoms with Crippen molar-refractivity contribution < 1.29 is 19.7 Å². The average Bonchev–Trinajstić information content (AvgIpc) is 2.44. The van der Waals surface area contributed by atoms with Gasteiger partial charge in [0, 0.05) is 6.54 Å². The van der Waals surface area contributed by atoms with E-state index in [0.29, 0.717) is 5.56 Å². The van der Waals surface area contributed by atoms with E-state index in [0.717, 1.165) is 6.42 Å². The second kappa shape index (κ2) is 8.15. The minimum absolute atomic E-state index is 0.236. The summed E-state index contributed by atoms with van der Waals surface area (Å²) in [6.45, 7) is 7.64. The Balaban J connectivity index is 2.40. The summed E-state index contributed by atoms with van der Waals surface area (Å²) in [5.41, 5.74) is 1.29. The van der Waals surface area contributed by atoms with Crippen molar-refractivity contribution >= 4 is 6.09 Å². The van der Waals surface area contributed by atoms with Gasteiger partial charge in [-0.15, -0.1) is 0 Å². The first-order valence-corrected chi connectivity index (χ1v) is 7.64. The highest BCUT2D eigenvalue weighted by atomic mass is 16.6. The van der Waals surface area contributed by atoms with Crippen molar-refractivity contribution in [2.24, 2.45) is 0 Å². The van der Waals surface area contributed by atoms with Crippen molar-refractivity contribution in [3.05, 3.63) is 35.4 Å². The molecule has 0 aliphatic heterocycles. The molecular weight excluding hydrogens is 282 g/mol. The van der Waals surface area contributed by atoms with Crippen molar-refractivity contribution in [1.29, 1.82) is 0 Å². The highest BCUT2D eigenvalue weighted by molar-refractivity contribution is 5.67. The Bertz CT molecular complexity index is 465. The van der Waals surface area contributed by atoms with E-state index in [1.54, 1.807) is 20.8 Å². The first-order chi connectivity index (χ1) is 10.2. The van der Waals surface area contributed by atoms with E-state index in [-0.39, 0.29) is 13.0 Å². The van der Waals surface area contributed by atoms with Gasteiger partial charge in [0.05, 0.1) is 6.10 Å². The van der Waals surface area contributed by atoms with Gasteiger partial charge in [-0.25, -0.2) is 4.79 Å². The Morgan fingerprint density at radius 2 is 1.82 bits per heavy atom. The number of alkyl carbamates (subject to hydrolysis) is 1. The third-order valence-corrected chi connectivity index (χ3v) is 3.20. The van der Waals surface area contributed by atoms with Gasteiger partial charge in [0.25, 0.3) is 0 Å². The number of ether oxygens (including phenoxy) is 1. The van der Waals surface area contributed by atoms with Crippen LogP contribution in [0, 0.1) is 0 Å². The van der Waals surface area contributed by atoms with Crippen LogP contribution in [-0.2, 0) is 11.2 Å². The van der Waals surface area contributed by atoms with Gasteiger partial charge in [-0.05, 0) is 44.7 Å². The van der Waals surface area contributed by atoms with Crippen LogP contribution in [0.5, 0.6) is 0 Å². The Morgan fingerprint density at radius 1 is 1.23 bits per heavy atom. The highest BCUT2D eigenvalue weighted by Gasteiger charge is 2.19. The number of amides is 1. The number of carbonyl (C=O) groups excluding carboxylic acids is 1. The predicted molar refractivity (Wildman–Crippen MR) is 85.6 cm³/mol. The lowest BCUT2D eigenvalue weighted by Gasteiger charge is -2.21. The van der Waals surface area contributed by atoms with E-state index in [1.807, 2.05) is 24.3 Å². The van der Waals surface area contributed by atoms with Crippen LogP contribution in [0.4, 0.5) is 4.79 Å². The van der Waals surface area contributed by atoms with Crippen molar-refractivity contribution in [1.82, 2.24) is 5.32 Å². The Labute approximate surface area is 132 Å². The maximum absolute atomic E-state index is 11.5. The van der Waals surface area contributed by atoms with E-state index in [2.05, 4.69) is 12.2 Å². The van der Waals surface area contributed by atoms with Crippen molar-refractivity contribution in [2.45, 2.75) is 58.3 Å². The third-order valence-electron chi connectivity index (χ3n) is 3.20. The molecule has 1 rings (SSSR count). The van der Waals surface area contributed by atoms with Crippen molar-refractivity contribution in [2.75, 3.05) is 6.54 Å². The summed E-state index contributed by atoms with van der Waals surface area (Å²) in [6, 6.07) is 7.50. The predicted octanol–water partition coefficient (Wildman–Crippen LogP) is 2.56. The minimum atomic E-state index is -0.966. The summed E-state index contributed by atoms with van der Waals surface area (Å²) < 4.78 is 5.10. The lowest BCUT2D eigenvalue weighted by molar-refractivity contribution is 0.0123. The molecule has 0 aliphatic carbocycles. The van der Waals surface area contributed by atoms with Gasteiger partial charge in [-0.3, -0.25) is 0 Å². The zero-order valence-electron chi connectivity index (χ0n) is 13.8. The van der Waals surface area contributed by atoms with Crippen LogP contribution in [0.2, 0.25) is 0 Å². The van der Waals surface area contributed by atoms with Gasteiger partial charge in [0.1, 0.15) is 11.7 Å². The average molecular weight is 309 g/mol. The molecule has 5 nitrogen and oxygen atoms in total. The molecule has 5 heteroatoms. The zero-order valence-corrected chi connectivity index (χ0v) is 13.8. The molecule has 124 valence electrons. The van der Waals surface area contributed by atoms with E-state index >= 15 is 0 Å². The lowest BCUT2D eigenvalue weighted by atomic mass is 10.0. The highest BCUT2D eigenvalue weighted by Crippen LogP contribution is 2.19. The molecule has 0 heterocycles. The largest absolute Gasteiger partial charge is 0.444 e. The Kier molecular flexibility index (Phi) is 6.84. The number of hydrogen-bond donors (Lipinski definition) is 3. The van der Waals surface area contributed by atoms with Crippen LogP contribution in [0.1, 0.15) is 51.3 Å². The second-order valence-electron chi connectivity index (χ2n) is 6.32. The van der Waals surface area contributed by atoms with E-state index in [9.17, 15) is 15.0 Å². The molecule has 0 spiro atoms. The molecule has 1 aromatic rings. The number of aliphatic hydroxyl groups is 2. The van der Waals surface area contributed by atoms with Gasteiger partial charge < -0.3 is 20.3 Å². The number of benzene rings is 1. The van der Waals surface area contributed by atoms with Crippen LogP contribution >= 0.6 is 0 Å². The van der Waals surface area contributed by atoms with E-state index in [4.69, 9.17) is 4.74 Å². The van der Waals surface area contributed by atoms with Crippen LogP contribution < -0.4 is 5.32 Å². The fourth-order valence-corrected chi connectivity index (χ4v) is 1.97. The molecule has 0 aliphatic rings. The van der Waals surface area contributed by atoms with Gasteiger partial charge >= 0.3 is 6.09 Å². The molecule has 0 fully saturated rings. The van der Waals surface area contributed by atoms with Crippen LogP contribution in [0.25, 0.3) is 0 Å². The Morgan fingerprint density at radius 3 is 2.32 bits per heavy atom. The molecule has 1 amide bonds. The van der Waals surface area contributed by atoms with Gasteiger partial charge in [-0.2, -0.15) is 0 Å². The second-order valence-corrected chi connectivity index (χ2v) is 6.32. The van der Waals surface area contributed by atoms with Crippen LogP contribution in [-0.4, -0.2) is 34.6 Å². The monoisotopic (exact) mass is 309 g/mol. The topological polar surface area (TPSA) is 78.8 Å². The smallest absolute Gasteiger partial charge is 0.407 e. The van der Waals surface area contributed by atoms with Crippen LogP contribution in [0.15, 0.2) is 24.3 Å². The summed E-state index contributed by atoms with van der Waals surface area (Å²) in [4.78, 5) is 11.5. The fraction of sp³-hybridized carbons (Fsp3) is 0.588. The number of aryl methyl sites for hydroxylation is 1. The SMILES string of the molecule is CCc1ccc(C(O)C(O)CCNC(=O)OC(C)(C)C)cc1. The molecule has 0 bridgehead atoms. The molecule has 0 radical (unpaired) electrons. The molecule has 2 unspecified atom stereocenters. The molecule has 0 saturated carbocycles. The number of nitrogens with one attached hydrogen (secondary N) is 1. The number of carbonyl (C=O) groups is 1. The van der Waals surface area contributed by atoms with E-state index < -0.39 is 23.9 Å². The molecule has 0 saturated heterocycles. The summed E-state index contributed by atoms with van der Waals surface area (Å²) in [7, 11) is 0. The zero-order chi connectivity index (χ0) is 16.8. The standard InChI is InChI=1S/C17H27NO4/c1-5-12-6-8-13(9-7-12)15(20)14(19)10-11-18-16(21)22-17(2,3)4/h6-9,14-15,19-20H,5,10-11H2,1-4H3,(H,18,21).